The van der Waals surface area contributed by atoms with E-state index < -0.39 is 0 Å². The Morgan fingerprint density at radius 2 is 1.71 bits per heavy atom. The normalized spacial score (nSPS) is 13.9. The van der Waals surface area contributed by atoms with E-state index in [0.29, 0.717) is 31.2 Å². The highest BCUT2D eigenvalue weighted by atomic mass is 35.5. The van der Waals surface area contributed by atoms with Crippen molar-refractivity contribution in [3.05, 3.63) is 70.7 Å². The lowest BCUT2D eigenvalue weighted by atomic mass is 10.1. The Morgan fingerprint density at radius 3 is 2.35 bits per heavy atom. The average molecular weight is 437 g/mol. The molecule has 1 aliphatic heterocycles. The summed E-state index contributed by atoms with van der Waals surface area (Å²) in [5, 5.41) is 9.42. The Bertz CT molecular complexity index is 1050. The third-order valence-corrected chi connectivity index (χ3v) is 5.68. The van der Waals surface area contributed by atoms with Crippen molar-refractivity contribution in [1.82, 2.24) is 15.1 Å². The van der Waals surface area contributed by atoms with Crippen molar-refractivity contribution < 1.29 is 9.53 Å². The highest BCUT2D eigenvalue weighted by Gasteiger charge is 2.22. The van der Waals surface area contributed by atoms with Crippen molar-refractivity contribution in [2.24, 2.45) is 0 Å². The zero-order valence-electron chi connectivity index (χ0n) is 17.7. The Kier molecular flexibility index (Phi) is 6.37. The van der Waals surface area contributed by atoms with Gasteiger partial charge in [0.05, 0.1) is 5.69 Å². The number of piperazine rings is 1. The molecule has 4 rings (SSSR count). The molecule has 0 aliphatic carbocycles. The molecule has 3 aromatic rings. The minimum absolute atomic E-state index is 0.00351. The Hall–Kier alpha value is -3.12. The fourth-order valence-corrected chi connectivity index (χ4v) is 3.77. The number of nitrogens with zero attached hydrogens (tertiary/aromatic N) is 4. The van der Waals surface area contributed by atoms with Gasteiger partial charge in [-0.15, -0.1) is 10.2 Å². The van der Waals surface area contributed by atoms with Gasteiger partial charge in [0.25, 0.3) is 5.91 Å². The fourth-order valence-electron chi connectivity index (χ4n) is 3.65. The van der Waals surface area contributed by atoms with E-state index in [-0.39, 0.29) is 12.5 Å². The van der Waals surface area contributed by atoms with Gasteiger partial charge in [-0.2, -0.15) is 0 Å². The zero-order valence-corrected chi connectivity index (χ0v) is 18.5. The summed E-state index contributed by atoms with van der Waals surface area (Å²) in [6, 6.07) is 17.4. The van der Waals surface area contributed by atoms with Gasteiger partial charge in [-0.1, -0.05) is 41.4 Å². The molecule has 0 unspecified atom stereocenters. The third-order valence-electron chi connectivity index (χ3n) is 5.43. The quantitative estimate of drug-likeness (QED) is 0.601. The molecule has 1 amide bonds. The number of hydrogen-bond donors (Lipinski definition) is 0. The van der Waals surface area contributed by atoms with Gasteiger partial charge >= 0.3 is 0 Å². The van der Waals surface area contributed by atoms with Crippen molar-refractivity contribution in [2.75, 3.05) is 37.7 Å². The Labute approximate surface area is 187 Å². The van der Waals surface area contributed by atoms with Crippen LogP contribution in [0.3, 0.4) is 0 Å². The smallest absolute Gasteiger partial charge is 0.260 e. The van der Waals surface area contributed by atoms with Gasteiger partial charge < -0.3 is 14.5 Å². The summed E-state index contributed by atoms with van der Waals surface area (Å²) in [6.45, 7) is 6.78. The van der Waals surface area contributed by atoms with Gasteiger partial charge in [0.15, 0.2) is 12.4 Å². The Balaban J connectivity index is 1.29. The largest absolute Gasteiger partial charge is 0.484 e. The number of amides is 1. The van der Waals surface area contributed by atoms with E-state index in [1.54, 1.807) is 0 Å². The summed E-state index contributed by atoms with van der Waals surface area (Å²) < 4.78 is 5.75. The maximum absolute atomic E-state index is 12.6. The molecule has 6 nitrogen and oxygen atoms in total. The first kappa shape index (κ1) is 21.1. The SMILES string of the molecule is Cc1ccc(OCC(=O)N2CCN(c3ccc(-c4ccc(Cl)cc4)nn3)CC2)c(C)c1. The van der Waals surface area contributed by atoms with E-state index in [1.165, 1.54) is 5.56 Å². The molecule has 0 radical (unpaired) electrons. The van der Waals surface area contributed by atoms with Crippen molar-refractivity contribution >= 4 is 23.3 Å². The van der Waals surface area contributed by atoms with Gasteiger partial charge in [-0.3, -0.25) is 4.79 Å². The van der Waals surface area contributed by atoms with E-state index in [1.807, 2.05) is 67.3 Å². The second-order valence-corrected chi connectivity index (χ2v) is 8.15. The summed E-state index contributed by atoms with van der Waals surface area (Å²) >= 11 is 5.94. The van der Waals surface area contributed by atoms with Crippen LogP contribution in [0.1, 0.15) is 11.1 Å². The van der Waals surface area contributed by atoms with Gasteiger partial charge in [0.1, 0.15) is 5.75 Å². The maximum atomic E-state index is 12.6. The summed E-state index contributed by atoms with van der Waals surface area (Å²) in [5.41, 5.74) is 4.00. The molecule has 31 heavy (non-hydrogen) atoms. The lowest BCUT2D eigenvalue weighted by Gasteiger charge is -2.35. The fraction of sp³-hybridized carbons (Fsp3) is 0.292. The number of halogens is 1. The van der Waals surface area contributed by atoms with Crippen LogP contribution in [-0.2, 0) is 4.79 Å². The highest BCUT2D eigenvalue weighted by molar-refractivity contribution is 6.30. The number of carbonyl (C=O) groups is 1. The Morgan fingerprint density at radius 1 is 0.968 bits per heavy atom. The molecule has 0 bridgehead atoms. The number of ether oxygens (including phenoxy) is 1. The maximum Gasteiger partial charge on any atom is 0.260 e. The first-order valence-electron chi connectivity index (χ1n) is 10.3. The number of hydrogen-bond acceptors (Lipinski definition) is 5. The summed E-state index contributed by atoms with van der Waals surface area (Å²) in [5.74, 6) is 1.58. The summed E-state index contributed by atoms with van der Waals surface area (Å²) in [7, 11) is 0. The molecule has 2 aromatic carbocycles. The van der Waals surface area contributed by atoms with Crippen molar-refractivity contribution in [1.29, 1.82) is 0 Å². The van der Waals surface area contributed by atoms with Crippen LogP contribution in [0.4, 0.5) is 5.82 Å². The van der Waals surface area contributed by atoms with Crippen LogP contribution in [0.2, 0.25) is 5.02 Å². The van der Waals surface area contributed by atoms with Gasteiger partial charge in [-0.05, 0) is 49.7 Å². The second kappa shape index (κ2) is 9.35. The van der Waals surface area contributed by atoms with Crippen LogP contribution in [0.25, 0.3) is 11.3 Å². The molecular weight excluding hydrogens is 412 g/mol. The number of benzene rings is 2. The molecule has 0 N–H and O–H groups in total. The van der Waals surface area contributed by atoms with Crippen LogP contribution < -0.4 is 9.64 Å². The molecule has 1 saturated heterocycles. The van der Waals surface area contributed by atoms with Crippen molar-refractivity contribution in [3.63, 3.8) is 0 Å². The molecule has 2 heterocycles. The molecular formula is C24H25ClN4O2. The van der Waals surface area contributed by atoms with Crippen LogP contribution in [0.5, 0.6) is 5.75 Å². The first-order valence-corrected chi connectivity index (χ1v) is 10.7. The molecule has 1 fully saturated rings. The van der Waals surface area contributed by atoms with Crippen molar-refractivity contribution in [2.45, 2.75) is 13.8 Å². The van der Waals surface area contributed by atoms with E-state index >= 15 is 0 Å². The molecule has 1 aromatic heterocycles. The van der Waals surface area contributed by atoms with E-state index in [0.717, 1.165) is 28.4 Å². The van der Waals surface area contributed by atoms with Crippen molar-refractivity contribution in [3.8, 4) is 17.0 Å². The highest BCUT2D eigenvalue weighted by Crippen LogP contribution is 2.22. The van der Waals surface area contributed by atoms with E-state index in [9.17, 15) is 4.79 Å². The van der Waals surface area contributed by atoms with Crippen LogP contribution in [0.15, 0.2) is 54.6 Å². The minimum Gasteiger partial charge on any atom is -0.484 e. The average Bonchev–Trinajstić information content (AvgIpc) is 2.79. The van der Waals surface area contributed by atoms with E-state index in [4.69, 9.17) is 16.3 Å². The summed E-state index contributed by atoms with van der Waals surface area (Å²) in [4.78, 5) is 16.6. The third kappa shape index (κ3) is 5.14. The lowest BCUT2D eigenvalue weighted by molar-refractivity contribution is -0.133. The number of rotatable bonds is 5. The number of anilines is 1. The molecule has 1 aliphatic rings. The number of aromatic nitrogens is 2. The van der Waals surface area contributed by atoms with Gasteiger partial charge in [0.2, 0.25) is 0 Å². The number of carbonyl (C=O) groups excluding carboxylic acids is 1. The van der Waals surface area contributed by atoms with Gasteiger partial charge in [-0.25, -0.2) is 0 Å². The molecule has 0 atom stereocenters. The standard InChI is InChI=1S/C24H25ClN4O2/c1-17-3-9-22(18(2)15-17)31-16-24(30)29-13-11-28(12-14-29)23-10-8-21(26-27-23)19-4-6-20(25)7-5-19/h3-10,15H,11-14,16H2,1-2H3. The predicted molar refractivity (Wildman–Crippen MR) is 123 cm³/mol. The molecule has 0 spiro atoms. The van der Waals surface area contributed by atoms with Gasteiger partial charge in [0, 0.05) is 36.8 Å². The predicted octanol–water partition coefficient (Wildman–Crippen LogP) is 4.14. The van der Waals surface area contributed by atoms with Crippen LogP contribution >= 0.6 is 11.6 Å². The zero-order chi connectivity index (χ0) is 21.8. The molecule has 7 heteroatoms. The monoisotopic (exact) mass is 436 g/mol. The number of aryl methyl sites for hydroxylation is 2. The molecule has 0 saturated carbocycles. The summed E-state index contributed by atoms with van der Waals surface area (Å²) in [6.07, 6.45) is 0. The van der Waals surface area contributed by atoms with E-state index in [2.05, 4.69) is 21.2 Å². The molecule has 160 valence electrons. The second-order valence-electron chi connectivity index (χ2n) is 7.71. The lowest BCUT2D eigenvalue weighted by Crippen LogP contribution is -2.50. The minimum atomic E-state index is 0.00351. The van der Waals surface area contributed by atoms with Crippen LogP contribution in [0, 0.1) is 13.8 Å². The first-order chi connectivity index (χ1) is 15.0. The topological polar surface area (TPSA) is 58.6 Å². The van der Waals surface area contributed by atoms with Crippen LogP contribution in [-0.4, -0.2) is 53.8 Å².